The fourth-order valence-electron chi connectivity index (χ4n) is 1.59. The minimum Gasteiger partial charge on any atom is -0.345 e. The minimum atomic E-state index is 0.183. The van der Waals surface area contributed by atoms with Gasteiger partial charge in [0, 0.05) is 19.7 Å². The van der Waals surface area contributed by atoms with Gasteiger partial charge in [-0.3, -0.25) is 4.79 Å². The Hall–Kier alpha value is -0.790. The Morgan fingerprint density at radius 2 is 2.25 bits per heavy atom. The molecular formula is C10H17NO. The fourth-order valence-corrected chi connectivity index (χ4v) is 1.59. The highest BCUT2D eigenvalue weighted by molar-refractivity contribution is 5.93. The van der Waals surface area contributed by atoms with Gasteiger partial charge in [0.2, 0.25) is 5.91 Å². The van der Waals surface area contributed by atoms with E-state index in [1.165, 1.54) is 6.42 Å². The van der Waals surface area contributed by atoms with Crippen molar-refractivity contribution in [2.75, 3.05) is 14.1 Å². The van der Waals surface area contributed by atoms with Crippen LogP contribution < -0.4 is 0 Å². The fraction of sp³-hybridized carbons (Fsp3) is 0.700. The summed E-state index contributed by atoms with van der Waals surface area (Å²) in [4.78, 5) is 13.2. The second-order valence-electron chi connectivity index (χ2n) is 3.69. The van der Waals surface area contributed by atoms with Crippen molar-refractivity contribution < 1.29 is 4.79 Å². The van der Waals surface area contributed by atoms with Gasteiger partial charge in [-0.1, -0.05) is 13.0 Å². The largest absolute Gasteiger partial charge is 0.345 e. The van der Waals surface area contributed by atoms with E-state index in [1.807, 2.05) is 14.1 Å². The normalized spacial score (nSPS) is 23.2. The number of hydrogen-bond donors (Lipinski definition) is 0. The number of carbonyl (C=O) groups is 1. The standard InChI is InChI=1S/C10H17NO/c1-8-6-4-5-7-9(8)10(12)11(2)3/h7-8H,4-6H2,1-3H3. The molecule has 0 aromatic rings. The van der Waals surface area contributed by atoms with Crippen LogP contribution in [0.3, 0.4) is 0 Å². The van der Waals surface area contributed by atoms with Crippen molar-refractivity contribution in [2.24, 2.45) is 5.92 Å². The van der Waals surface area contributed by atoms with Crippen LogP contribution in [-0.4, -0.2) is 24.9 Å². The summed E-state index contributed by atoms with van der Waals surface area (Å²) in [5.74, 6) is 0.635. The average Bonchev–Trinajstić information content (AvgIpc) is 2.04. The van der Waals surface area contributed by atoms with Gasteiger partial charge in [0.15, 0.2) is 0 Å². The van der Waals surface area contributed by atoms with Crippen molar-refractivity contribution in [3.05, 3.63) is 11.6 Å². The number of hydrogen-bond acceptors (Lipinski definition) is 1. The predicted octanol–water partition coefficient (Wildman–Crippen LogP) is 1.82. The maximum atomic E-state index is 11.6. The summed E-state index contributed by atoms with van der Waals surface area (Å²) in [6.07, 6.45) is 5.55. The van der Waals surface area contributed by atoms with Crippen LogP contribution in [-0.2, 0) is 4.79 Å². The second-order valence-corrected chi connectivity index (χ2v) is 3.69. The molecule has 2 heteroatoms. The Morgan fingerprint density at radius 1 is 1.58 bits per heavy atom. The van der Waals surface area contributed by atoms with Crippen molar-refractivity contribution in [3.63, 3.8) is 0 Å². The molecule has 1 atom stereocenters. The highest BCUT2D eigenvalue weighted by atomic mass is 16.2. The molecule has 0 spiro atoms. The van der Waals surface area contributed by atoms with Crippen LogP contribution in [0.4, 0.5) is 0 Å². The summed E-state index contributed by atoms with van der Waals surface area (Å²) in [7, 11) is 3.62. The van der Waals surface area contributed by atoms with E-state index in [-0.39, 0.29) is 5.91 Å². The van der Waals surface area contributed by atoms with Crippen LogP contribution in [0.5, 0.6) is 0 Å². The molecule has 0 aromatic carbocycles. The number of carbonyl (C=O) groups excluding carboxylic acids is 1. The third-order valence-electron chi connectivity index (χ3n) is 2.39. The molecule has 2 nitrogen and oxygen atoms in total. The summed E-state index contributed by atoms with van der Waals surface area (Å²) in [5, 5.41) is 0. The first-order valence-corrected chi connectivity index (χ1v) is 4.54. The van der Waals surface area contributed by atoms with E-state index in [0.29, 0.717) is 5.92 Å². The molecule has 0 saturated heterocycles. The molecule has 12 heavy (non-hydrogen) atoms. The van der Waals surface area contributed by atoms with Gasteiger partial charge in [-0.2, -0.15) is 0 Å². The van der Waals surface area contributed by atoms with Gasteiger partial charge >= 0.3 is 0 Å². The lowest BCUT2D eigenvalue weighted by atomic mass is 9.88. The summed E-state index contributed by atoms with van der Waals surface area (Å²) < 4.78 is 0. The Morgan fingerprint density at radius 3 is 2.75 bits per heavy atom. The minimum absolute atomic E-state index is 0.183. The zero-order valence-electron chi connectivity index (χ0n) is 8.13. The highest BCUT2D eigenvalue weighted by Crippen LogP contribution is 2.24. The lowest BCUT2D eigenvalue weighted by Gasteiger charge is -2.22. The van der Waals surface area contributed by atoms with E-state index in [0.717, 1.165) is 18.4 Å². The molecule has 1 amide bonds. The van der Waals surface area contributed by atoms with Gasteiger partial charge in [-0.25, -0.2) is 0 Å². The van der Waals surface area contributed by atoms with Crippen LogP contribution in [0, 0.1) is 5.92 Å². The molecule has 0 aromatic heterocycles. The third kappa shape index (κ3) is 1.87. The Bertz CT molecular complexity index is 206. The van der Waals surface area contributed by atoms with Crippen molar-refractivity contribution in [2.45, 2.75) is 26.2 Å². The molecule has 1 unspecified atom stereocenters. The number of rotatable bonds is 1. The molecule has 1 aliphatic rings. The lowest BCUT2D eigenvalue weighted by Crippen LogP contribution is -2.27. The lowest BCUT2D eigenvalue weighted by molar-refractivity contribution is -0.125. The molecule has 0 aliphatic heterocycles. The maximum Gasteiger partial charge on any atom is 0.249 e. The summed E-state index contributed by atoms with van der Waals surface area (Å²) in [5.41, 5.74) is 1.01. The number of amides is 1. The van der Waals surface area contributed by atoms with E-state index in [9.17, 15) is 4.79 Å². The third-order valence-corrected chi connectivity index (χ3v) is 2.39. The van der Waals surface area contributed by atoms with Crippen molar-refractivity contribution in [1.82, 2.24) is 4.90 Å². The number of likely N-dealkylation sites (N-methyl/N-ethyl adjacent to an activating group) is 1. The van der Waals surface area contributed by atoms with Crippen LogP contribution in [0.2, 0.25) is 0 Å². The molecule has 1 rings (SSSR count). The molecule has 0 heterocycles. The van der Waals surface area contributed by atoms with Crippen molar-refractivity contribution in [1.29, 1.82) is 0 Å². The van der Waals surface area contributed by atoms with E-state index < -0.39 is 0 Å². The predicted molar refractivity (Wildman–Crippen MR) is 49.8 cm³/mol. The van der Waals surface area contributed by atoms with Gasteiger partial charge in [0.1, 0.15) is 0 Å². The van der Waals surface area contributed by atoms with Gasteiger partial charge in [0.05, 0.1) is 0 Å². The Balaban J connectivity index is 2.72. The van der Waals surface area contributed by atoms with Crippen LogP contribution in [0.15, 0.2) is 11.6 Å². The quantitative estimate of drug-likeness (QED) is 0.583. The van der Waals surface area contributed by atoms with Gasteiger partial charge in [-0.15, -0.1) is 0 Å². The number of allylic oxidation sites excluding steroid dienone is 1. The van der Waals surface area contributed by atoms with Gasteiger partial charge < -0.3 is 4.90 Å². The van der Waals surface area contributed by atoms with Crippen molar-refractivity contribution in [3.8, 4) is 0 Å². The van der Waals surface area contributed by atoms with Crippen LogP contribution in [0.1, 0.15) is 26.2 Å². The summed E-state index contributed by atoms with van der Waals surface area (Å²) >= 11 is 0. The van der Waals surface area contributed by atoms with E-state index >= 15 is 0 Å². The smallest absolute Gasteiger partial charge is 0.249 e. The first kappa shape index (κ1) is 9.30. The SMILES string of the molecule is CC1CCCC=C1C(=O)N(C)C. The zero-order chi connectivity index (χ0) is 9.14. The van der Waals surface area contributed by atoms with Crippen LogP contribution in [0.25, 0.3) is 0 Å². The molecule has 0 bridgehead atoms. The monoisotopic (exact) mass is 167 g/mol. The molecule has 0 radical (unpaired) electrons. The summed E-state index contributed by atoms with van der Waals surface area (Å²) in [6.45, 7) is 2.13. The molecule has 0 fully saturated rings. The second kappa shape index (κ2) is 3.74. The average molecular weight is 167 g/mol. The molecule has 68 valence electrons. The first-order valence-electron chi connectivity index (χ1n) is 4.54. The van der Waals surface area contributed by atoms with Gasteiger partial charge in [0.25, 0.3) is 0 Å². The Kier molecular flexibility index (Phi) is 2.90. The molecule has 0 saturated carbocycles. The molecule has 0 N–H and O–H groups in total. The van der Waals surface area contributed by atoms with Crippen LogP contribution >= 0.6 is 0 Å². The zero-order valence-corrected chi connectivity index (χ0v) is 8.13. The van der Waals surface area contributed by atoms with E-state index in [4.69, 9.17) is 0 Å². The first-order chi connectivity index (χ1) is 5.63. The van der Waals surface area contributed by atoms with E-state index in [1.54, 1.807) is 4.90 Å². The van der Waals surface area contributed by atoms with E-state index in [2.05, 4.69) is 13.0 Å². The number of nitrogens with zero attached hydrogens (tertiary/aromatic N) is 1. The van der Waals surface area contributed by atoms with Gasteiger partial charge in [-0.05, 0) is 25.2 Å². The highest BCUT2D eigenvalue weighted by Gasteiger charge is 2.20. The van der Waals surface area contributed by atoms with Crippen molar-refractivity contribution >= 4 is 5.91 Å². The molecular weight excluding hydrogens is 150 g/mol. The topological polar surface area (TPSA) is 20.3 Å². The molecule has 1 aliphatic carbocycles. The maximum absolute atomic E-state index is 11.6. The Labute approximate surface area is 74.2 Å². The summed E-state index contributed by atoms with van der Waals surface area (Å²) in [6, 6.07) is 0.